The minimum absolute atomic E-state index is 0.0740. The highest BCUT2D eigenvalue weighted by molar-refractivity contribution is 5.94. The first kappa shape index (κ1) is 12.2. The number of carbonyl (C=O) groups excluding carboxylic acids is 1. The second-order valence-corrected chi connectivity index (χ2v) is 5.42. The molecule has 0 heterocycles. The van der Waals surface area contributed by atoms with E-state index in [4.69, 9.17) is 0 Å². The maximum atomic E-state index is 12.0. The Morgan fingerprint density at radius 1 is 1.53 bits per heavy atom. The number of allylic oxidation sites excluding steroid dienone is 4. The fourth-order valence-corrected chi connectivity index (χ4v) is 3.04. The normalized spacial score (nSPS) is 30.3. The molecule has 2 atom stereocenters. The van der Waals surface area contributed by atoms with E-state index in [2.05, 4.69) is 33.8 Å². The van der Waals surface area contributed by atoms with Gasteiger partial charge in [0.05, 0.1) is 0 Å². The number of ketones is 1. The van der Waals surface area contributed by atoms with Crippen LogP contribution in [0.25, 0.3) is 0 Å². The number of rotatable bonds is 2. The molecular weight excluding hydrogens is 184 g/mol. The fourth-order valence-electron chi connectivity index (χ4n) is 3.04. The third-order valence-corrected chi connectivity index (χ3v) is 3.25. The van der Waals surface area contributed by atoms with Crippen molar-refractivity contribution >= 4 is 5.78 Å². The summed E-state index contributed by atoms with van der Waals surface area (Å²) in [4.78, 5) is 12.0. The second-order valence-electron chi connectivity index (χ2n) is 5.42. The minimum atomic E-state index is 0.0740. The van der Waals surface area contributed by atoms with Gasteiger partial charge in [0.25, 0.3) is 0 Å². The van der Waals surface area contributed by atoms with E-state index in [-0.39, 0.29) is 17.1 Å². The third kappa shape index (κ3) is 2.58. The first-order valence-corrected chi connectivity index (χ1v) is 5.73. The van der Waals surface area contributed by atoms with Crippen LogP contribution in [0.3, 0.4) is 0 Å². The van der Waals surface area contributed by atoms with E-state index in [0.29, 0.717) is 5.92 Å². The topological polar surface area (TPSA) is 17.1 Å². The summed E-state index contributed by atoms with van der Waals surface area (Å²) in [6, 6.07) is 0. The van der Waals surface area contributed by atoms with Gasteiger partial charge in [0.2, 0.25) is 0 Å². The zero-order valence-corrected chi connectivity index (χ0v) is 10.5. The van der Waals surface area contributed by atoms with Gasteiger partial charge in [-0.1, -0.05) is 38.5 Å². The summed E-state index contributed by atoms with van der Waals surface area (Å²) in [6.45, 7) is 10.6. The summed E-state index contributed by atoms with van der Waals surface area (Å²) in [7, 11) is 0. The molecule has 1 heteroatoms. The molecule has 0 spiro atoms. The Bertz CT molecular complexity index is 307. The highest BCUT2D eigenvalue weighted by Crippen LogP contribution is 2.43. The summed E-state index contributed by atoms with van der Waals surface area (Å²) >= 11 is 0. The van der Waals surface area contributed by atoms with Crippen LogP contribution >= 0.6 is 0 Å². The van der Waals surface area contributed by atoms with Gasteiger partial charge in [-0.3, -0.25) is 4.79 Å². The van der Waals surface area contributed by atoms with Crippen molar-refractivity contribution in [1.82, 2.24) is 0 Å². The van der Waals surface area contributed by atoms with Crippen molar-refractivity contribution in [3.8, 4) is 0 Å². The number of hydrogen-bond acceptors (Lipinski definition) is 1. The Morgan fingerprint density at radius 2 is 2.13 bits per heavy atom. The predicted octanol–water partition coefficient (Wildman–Crippen LogP) is 3.76. The largest absolute Gasteiger partial charge is 0.294 e. The van der Waals surface area contributed by atoms with Crippen LogP contribution < -0.4 is 0 Å². The van der Waals surface area contributed by atoms with Crippen LogP contribution in [0.4, 0.5) is 0 Å². The van der Waals surface area contributed by atoms with Gasteiger partial charge in [-0.05, 0) is 37.7 Å². The van der Waals surface area contributed by atoms with Crippen molar-refractivity contribution in [3.63, 3.8) is 0 Å². The highest BCUT2D eigenvalue weighted by Gasteiger charge is 2.38. The zero-order valence-electron chi connectivity index (χ0n) is 10.5. The van der Waals surface area contributed by atoms with Gasteiger partial charge in [-0.2, -0.15) is 0 Å². The van der Waals surface area contributed by atoms with Gasteiger partial charge < -0.3 is 0 Å². The zero-order chi connectivity index (χ0) is 11.6. The maximum absolute atomic E-state index is 12.0. The summed E-state index contributed by atoms with van der Waals surface area (Å²) in [5.74, 6) is 0.919. The van der Waals surface area contributed by atoms with Gasteiger partial charge in [-0.25, -0.2) is 0 Å². The average Bonchev–Trinajstić information content (AvgIpc) is 1.99. The van der Waals surface area contributed by atoms with Crippen LogP contribution in [-0.2, 0) is 4.79 Å². The Labute approximate surface area is 93.3 Å². The fraction of sp³-hybridized carbons (Fsp3) is 0.643. The molecular formula is C14H22O. The molecule has 15 heavy (non-hydrogen) atoms. The molecule has 0 unspecified atom stereocenters. The third-order valence-electron chi connectivity index (χ3n) is 3.25. The quantitative estimate of drug-likeness (QED) is 0.496. The molecule has 0 aromatic rings. The summed E-state index contributed by atoms with van der Waals surface area (Å²) in [5, 5.41) is 0. The monoisotopic (exact) mass is 206 g/mol. The van der Waals surface area contributed by atoms with Crippen LogP contribution in [0, 0.1) is 17.3 Å². The van der Waals surface area contributed by atoms with E-state index in [1.807, 2.05) is 13.0 Å². The van der Waals surface area contributed by atoms with E-state index < -0.39 is 0 Å². The predicted molar refractivity (Wildman–Crippen MR) is 64.6 cm³/mol. The molecule has 0 saturated carbocycles. The van der Waals surface area contributed by atoms with Gasteiger partial charge in [0.15, 0.2) is 5.78 Å². The Kier molecular flexibility index (Phi) is 3.54. The minimum Gasteiger partial charge on any atom is -0.294 e. The molecule has 0 radical (unpaired) electrons. The lowest BCUT2D eigenvalue weighted by molar-refractivity contribution is -0.120. The molecule has 0 aromatic carbocycles. The Balaban J connectivity index is 3.03. The second kappa shape index (κ2) is 4.34. The summed E-state index contributed by atoms with van der Waals surface area (Å²) in [5.41, 5.74) is 1.33. The standard InChI is InChI=1S/C14H22O/c1-6-7-12(15)13-11(3)8-10(2)9-14(13,4)5/h6-8,10,13H,9H2,1-5H3/t10-,13+/m1/s1. The van der Waals surface area contributed by atoms with E-state index in [0.717, 1.165) is 6.42 Å². The SMILES string of the molecule is CC=CC(=O)[C@@H]1C(C)=C[C@@H](C)CC1(C)C. The Hall–Kier alpha value is -0.850. The lowest BCUT2D eigenvalue weighted by Crippen LogP contribution is -2.35. The van der Waals surface area contributed by atoms with E-state index in [9.17, 15) is 4.79 Å². The van der Waals surface area contributed by atoms with Crippen molar-refractivity contribution in [2.75, 3.05) is 0 Å². The van der Waals surface area contributed by atoms with Crippen LogP contribution in [-0.4, -0.2) is 5.78 Å². The van der Waals surface area contributed by atoms with E-state index >= 15 is 0 Å². The molecule has 0 N–H and O–H groups in total. The molecule has 1 rings (SSSR count). The van der Waals surface area contributed by atoms with Crippen molar-refractivity contribution in [2.24, 2.45) is 17.3 Å². The van der Waals surface area contributed by atoms with Crippen LogP contribution in [0.5, 0.6) is 0 Å². The van der Waals surface area contributed by atoms with Gasteiger partial charge >= 0.3 is 0 Å². The van der Waals surface area contributed by atoms with Crippen LogP contribution in [0.1, 0.15) is 41.0 Å². The van der Waals surface area contributed by atoms with Crippen LogP contribution in [0.15, 0.2) is 23.8 Å². The lowest BCUT2D eigenvalue weighted by atomic mass is 9.64. The lowest BCUT2D eigenvalue weighted by Gasteiger charge is -2.39. The number of carbonyl (C=O) groups is 1. The smallest absolute Gasteiger partial charge is 0.162 e. The Morgan fingerprint density at radius 3 is 2.60 bits per heavy atom. The molecule has 0 aromatic heterocycles. The molecule has 0 aliphatic heterocycles. The molecule has 1 nitrogen and oxygen atoms in total. The van der Waals surface area contributed by atoms with E-state index in [1.54, 1.807) is 6.08 Å². The molecule has 1 aliphatic rings. The first-order chi connectivity index (χ1) is 6.88. The number of hydrogen-bond donors (Lipinski definition) is 0. The van der Waals surface area contributed by atoms with Crippen molar-refractivity contribution in [2.45, 2.75) is 41.0 Å². The first-order valence-electron chi connectivity index (χ1n) is 5.73. The molecule has 1 aliphatic carbocycles. The van der Waals surface area contributed by atoms with E-state index in [1.165, 1.54) is 5.57 Å². The van der Waals surface area contributed by atoms with Gasteiger partial charge in [0.1, 0.15) is 0 Å². The maximum Gasteiger partial charge on any atom is 0.162 e. The molecule has 84 valence electrons. The van der Waals surface area contributed by atoms with Gasteiger partial charge in [0, 0.05) is 5.92 Å². The van der Waals surface area contributed by atoms with Crippen molar-refractivity contribution in [3.05, 3.63) is 23.8 Å². The van der Waals surface area contributed by atoms with Gasteiger partial charge in [-0.15, -0.1) is 0 Å². The van der Waals surface area contributed by atoms with Crippen molar-refractivity contribution in [1.29, 1.82) is 0 Å². The molecule has 0 saturated heterocycles. The van der Waals surface area contributed by atoms with Crippen LogP contribution in [0.2, 0.25) is 0 Å². The average molecular weight is 206 g/mol. The highest BCUT2D eigenvalue weighted by atomic mass is 16.1. The summed E-state index contributed by atoms with van der Waals surface area (Å²) < 4.78 is 0. The molecule has 0 fully saturated rings. The summed E-state index contributed by atoms with van der Waals surface area (Å²) in [6.07, 6.45) is 6.89. The molecule has 0 amide bonds. The van der Waals surface area contributed by atoms with Crippen molar-refractivity contribution < 1.29 is 4.79 Å². The molecule has 0 bridgehead atoms.